The lowest BCUT2D eigenvalue weighted by Crippen LogP contribution is -2.17. The summed E-state index contributed by atoms with van der Waals surface area (Å²) in [6.45, 7) is 2.65. The van der Waals surface area contributed by atoms with E-state index in [1.807, 2.05) is 19.1 Å². The van der Waals surface area contributed by atoms with Crippen LogP contribution in [0.2, 0.25) is 0 Å². The second-order valence-electron chi connectivity index (χ2n) is 4.94. The van der Waals surface area contributed by atoms with Crippen molar-refractivity contribution in [3.05, 3.63) is 58.1 Å². The van der Waals surface area contributed by atoms with Gasteiger partial charge in [0.1, 0.15) is 0 Å². The summed E-state index contributed by atoms with van der Waals surface area (Å²) in [6, 6.07) is 12.5. The van der Waals surface area contributed by atoms with Gasteiger partial charge >= 0.3 is 0 Å². The number of nitrogens with zero attached hydrogens (tertiary/aromatic N) is 1. The molecule has 126 valence electrons. The molecule has 2 rings (SSSR count). The van der Waals surface area contributed by atoms with Crippen LogP contribution < -0.4 is 14.9 Å². The molecule has 0 bridgehead atoms. The Morgan fingerprint density at radius 2 is 2.00 bits per heavy atom. The van der Waals surface area contributed by atoms with Crippen molar-refractivity contribution in [1.82, 2.24) is 5.43 Å². The van der Waals surface area contributed by atoms with Gasteiger partial charge in [0.2, 0.25) is 0 Å². The van der Waals surface area contributed by atoms with Crippen molar-refractivity contribution in [3.8, 4) is 11.5 Å². The van der Waals surface area contributed by atoms with Gasteiger partial charge in [-0.2, -0.15) is 5.10 Å². The zero-order valence-electron chi connectivity index (χ0n) is 13.6. The Bertz CT molecular complexity index is 718. The topological polar surface area (TPSA) is 59.9 Å². The maximum absolute atomic E-state index is 11.9. The zero-order chi connectivity index (χ0) is 17.4. The van der Waals surface area contributed by atoms with Gasteiger partial charge in [-0.25, -0.2) is 5.43 Å². The Hall–Kier alpha value is -2.34. The highest BCUT2D eigenvalue weighted by atomic mass is 79.9. The maximum atomic E-state index is 11.9. The Kier molecular flexibility index (Phi) is 6.81. The number of rotatable bonds is 7. The predicted octanol–water partition coefficient (Wildman–Crippen LogP) is 4.01. The van der Waals surface area contributed by atoms with Gasteiger partial charge in [-0.3, -0.25) is 4.79 Å². The smallest absolute Gasteiger partial charge is 0.271 e. The summed E-state index contributed by atoms with van der Waals surface area (Å²) in [7, 11) is 1.58. The number of nitrogens with one attached hydrogen (secondary N) is 1. The van der Waals surface area contributed by atoms with Gasteiger partial charge < -0.3 is 9.47 Å². The highest BCUT2D eigenvalue weighted by Gasteiger charge is 2.09. The van der Waals surface area contributed by atoms with Crippen molar-refractivity contribution in [2.45, 2.75) is 13.3 Å². The number of hydrogen-bond donors (Lipinski definition) is 1. The summed E-state index contributed by atoms with van der Waals surface area (Å²) in [6.07, 6.45) is 2.46. The minimum absolute atomic E-state index is 0.266. The number of hydrazone groups is 1. The van der Waals surface area contributed by atoms with Crippen LogP contribution in [-0.2, 0) is 0 Å². The summed E-state index contributed by atoms with van der Waals surface area (Å²) >= 11 is 3.48. The van der Waals surface area contributed by atoms with Crippen LogP contribution >= 0.6 is 15.9 Å². The molecule has 2 aromatic rings. The normalized spacial score (nSPS) is 10.6. The molecular weight excluding hydrogens is 372 g/mol. The molecular formula is C18H19BrN2O3. The lowest BCUT2D eigenvalue weighted by Gasteiger charge is -2.12. The molecule has 0 atom stereocenters. The van der Waals surface area contributed by atoms with Crippen molar-refractivity contribution in [2.75, 3.05) is 13.7 Å². The summed E-state index contributed by atoms with van der Waals surface area (Å²) in [5.41, 5.74) is 3.82. The number of carbonyl (C=O) groups excluding carboxylic acids is 1. The third-order valence-corrected chi connectivity index (χ3v) is 3.84. The number of hydrogen-bond acceptors (Lipinski definition) is 4. The zero-order valence-corrected chi connectivity index (χ0v) is 15.2. The first-order chi connectivity index (χ1) is 11.7. The molecule has 1 N–H and O–H groups in total. The highest BCUT2D eigenvalue weighted by molar-refractivity contribution is 9.10. The first-order valence-corrected chi connectivity index (χ1v) is 8.33. The number of halogens is 1. The van der Waals surface area contributed by atoms with Gasteiger partial charge in [-0.05, 0) is 46.6 Å². The van der Waals surface area contributed by atoms with Gasteiger partial charge in [0, 0.05) is 15.6 Å². The molecule has 5 nitrogen and oxygen atoms in total. The van der Waals surface area contributed by atoms with E-state index in [-0.39, 0.29) is 5.91 Å². The Balaban J connectivity index is 2.10. The minimum atomic E-state index is -0.266. The molecule has 24 heavy (non-hydrogen) atoms. The van der Waals surface area contributed by atoms with Crippen molar-refractivity contribution in [1.29, 1.82) is 0 Å². The van der Waals surface area contributed by atoms with E-state index in [2.05, 4.69) is 26.5 Å². The summed E-state index contributed by atoms with van der Waals surface area (Å²) < 4.78 is 11.8. The molecule has 6 heteroatoms. The van der Waals surface area contributed by atoms with Gasteiger partial charge in [0.25, 0.3) is 5.91 Å². The van der Waals surface area contributed by atoms with E-state index in [4.69, 9.17) is 9.47 Å². The van der Waals surface area contributed by atoms with Crippen LogP contribution in [0.3, 0.4) is 0 Å². The highest BCUT2D eigenvalue weighted by Crippen LogP contribution is 2.33. The Morgan fingerprint density at radius 1 is 1.25 bits per heavy atom. The van der Waals surface area contributed by atoms with Crippen LogP contribution in [0.5, 0.6) is 11.5 Å². The fraction of sp³-hybridized carbons (Fsp3) is 0.222. The van der Waals surface area contributed by atoms with E-state index in [9.17, 15) is 4.79 Å². The van der Waals surface area contributed by atoms with Crippen LogP contribution in [-0.4, -0.2) is 25.8 Å². The first kappa shape index (κ1) is 18.0. The first-order valence-electron chi connectivity index (χ1n) is 7.54. The molecule has 2 aromatic carbocycles. The fourth-order valence-electron chi connectivity index (χ4n) is 1.95. The van der Waals surface area contributed by atoms with Crippen LogP contribution in [0.15, 0.2) is 52.0 Å². The monoisotopic (exact) mass is 390 g/mol. The Morgan fingerprint density at radius 3 is 2.67 bits per heavy atom. The molecule has 0 saturated heterocycles. The van der Waals surface area contributed by atoms with Crippen molar-refractivity contribution >= 4 is 28.1 Å². The van der Waals surface area contributed by atoms with Crippen molar-refractivity contribution in [2.24, 2.45) is 5.10 Å². The number of amides is 1. The van der Waals surface area contributed by atoms with Gasteiger partial charge in [0.15, 0.2) is 11.5 Å². The number of carbonyl (C=O) groups is 1. The SMILES string of the molecule is CCCOc1cc(Br)c(C=NNC(=O)c2ccccc2)cc1OC. The lowest BCUT2D eigenvalue weighted by atomic mass is 10.2. The number of methoxy groups -OCH3 is 1. The van der Waals surface area contributed by atoms with E-state index < -0.39 is 0 Å². The van der Waals surface area contributed by atoms with Gasteiger partial charge in [0.05, 0.1) is 19.9 Å². The second kappa shape index (κ2) is 9.08. The third kappa shape index (κ3) is 4.83. The lowest BCUT2D eigenvalue weighted by molar-refractivity contribution is 0.0955. The molecule has 0 heterocycles. The van der Waals surface area contributed by atoms with Crippen LogP contribution in [0.4, 0.5) is 0 Å². The Labute approximate surface area is 149 Å². The number of benzene rings is 2. The molecule has 0 spiro atoms. The summed E-state index contributed by atoms with van der Waals surface area (Å²) in [4.78, 5) is 11.9. The average Bonchev–Trinajstić information content (AvgIpc) is 2.62. The van der Waals surface area contributed by atoms with E-state index in [1.54, 1.807) is 43.7 Å². The van der Waals surface area contributed by atoms with Crippen LogP contribution in [0, 0.1) is 0 Å². The third-order valence-electron chi connectivity index (χ3n) is 3.15. The van der Waals surface area contributed by atoms with E-state index in [1.165, 1.54) is 0 Å². The van der Waals surface area contributed by atoms with E-state index in [0.29, 0.717) is 23.7 Å². The largest absolute Gasteiger partial charge is 0.493 e. The van der Waals surface area contributed by atoms with Crippen molar-refractivity contribution in [3.63, 3.8) is 0 Å². The standard InChI is InChI=1S/C18H19BrN2O3/c1-3-9-24-17-11-15(19)14(10-16(17)23-2)12-20-21-18(22)13-7-5-4-6-8-13/h4-8,10-12H,3,9H2,1-2H3,(H,21,22). The molecule has 0 aliphatic carbocycles. The van der Waals surface area contributed by atoms with Crippen LogP contribution in [0.25, 0.3) is 0 Å². The minimum Gasteiger partial charge on any atom is -0.493 e. The molecule has 0 saturated carbocycles. The van der Waals surface area contributed by atoms with E-state index >= 15 is 0 Å². The number of ether oxygens (including phenoxy) is 2. The maximum Gasteiger partial charge on any atom is 0.271 e. The quantitative estimate of drug-likeness (QED) is 0.573. The summed E-state index contributed by atoms with van der Waals surface area (Å²) in [5, 5.41) is 4.00. The van der Waals surface area contributed by atoms with Crippen LogP contribution in [0.1, 0.15) is 29.3 Å². The summed E-state index contributed by atoms with van der Waals surface area (Å²) in [5.74, 6) is 1.01. The molecule has 0 aromatic heterocycles. The second-order valence-corrected chi connectivity index (χ2v) is 5.79. The molecule has 0 aliphatic heterocycles. The average molecular weight is 391 g/mol. The molecule has 1 amide bonds. The molecule has 0 aliphatic rings. The fourth-order valence-corrected chi connectivity index (χ4v) is 2.37. The van der Waals surface area contributed by atoms with E-state index in [0.717, 1.165) is 16.5 Å². The molecule has 0 unspecified atom stereocenters. The molecule has 0 radical (unpaired) electrons. The molecule has 0 fully saturated rings. The van der Waals surface area contributed by atoms with Crippen molar-refractivity contribution < 1.29 is 14.3 Å². The van der Waals surface area contributed by atoms with Gasteiger partial charge in [-0.1, -0.05) is 25.1 Å². The van der Waals surface area contributed by atoms with Gasteiger partial charge in [-0.15, -0.1) is 0 Å². The predicted molar refractivity (Wildman–Crippen MR) is 98.0 cm³/mol.